The first-order valence-corrected chi connectivity index (χ1v) is 11.8. The summed E-state index contributed by atoms with van der Waals surface area (Å²) in [6, 6.07) is 23.1. The van der Waals surface area contributed by atoms with E-state index < -0.39 is 24.2 Å². The number of ether oxygens (including phenoxy) is 2. The van der Waals surface area contributed by atoms with Gasteiger partial charge in [0, 0.05) is 5.92 Å². The maximum atomic E-state index is 13.2. The van der Waals surface area contributed by atoms with E-state index in [0.29, 0.717) is 16.9 Å². The first-order chi connectivity index (χ1) is 17.5. The Morgan fingerprint density at radius 2 is 1.39 bits per heavy atom. The van der Waals surface area contributed by atoms with Crippen LogP contribution in [0.25, 0.3) is 11.1 Å². The highest BCUT2D eigenvalue weighted by molar-refractivity contribution is 5.93. The van der Waals surface area contributed by atoms with Crippen LogP contribution in [0.15, 0.2) is 78.9 Å². The van der Waals surface area contributed by atoms with Crippen LogP contribution >= 0.6 is 0 Å². The van der Waals surface area contributed by atoms with Gasteiger partial charge < -0.3 is 20.3 Å². The predicted molar refractivity (Wildman–Crippen MR) is 133 cm³/mol. The van der Waals surface area contributed by atoms with Crippen LogP contribution in [0.3, 0.4) is 0 Å². The van der Waals surface area contributed by atoms with Crippen molar-refractivity contribution in [3.8, 4) is 11.1 Å². The van der Waals surface area contributed by atoms with Crippen LogP contribution in [0.1, 0.15) is 35.4 Å². The minimum atomic E-state index is -1.47. The highest BCUT2D eigenvalue weighted by Crippen LogP contribution is 2.44. The summed E-state index contributed by atoms with van der Waals surface area (Å²) >= 11 is 0. The Bertz CT molecular complexity index is 1180. The number of nitrogens with zero attached hydrogens (tertiary/aromatic N) is 1. The number of imide groups is 1. The SMILES string of the molecule is NCCC[C@H](C(=O)O)N(C(=O)OCc1ccccc1)C(=O)OCC1c2ccccc2-c2ccccc21. The van der Waals surface area contributed by atoms with Crippen LogP contribution < -0.4 is 5.73 Å². The Kier molecular flexibility index (Phi) is 7.97. The highest BCUT2D eigenvalue weighted by Gasteiger charge is 2.38. The van der Waals surface area contributed by atoms with Crippen molar-refractivity contribution in [3.05, 3.63) is 95.6 Å². The van der Waals surface area contributed by atoms with Gasteiger partial charge in [-0.25, -0.2) is 14.4 Å². The van der Waals surface area contributed by atoms with Gasteiger partial charge in [-0.3, -0.25) is 0 Å². The highest BCUT2D eigenvalue weighted by atomic mass is 16.6. The van der Waals surface area contributed by atoms with E-state index in [1.165, 1.54) is 0 Å². The van der Waals surface area contributed by atoms with Gasteiger partial charge in [-0.1, -0.05) is 78.9 Å². The molecule has 8 heteroatoms. The first-order valence-electron chi connectivity index (χ1n) is 11.8. The molecule has 186 valence electrons. The molecule has 3 N–H and O–H groups in total. The second-order valence-electron chi connectivity index (χ2n) is 8.50. The summed E-state index contributed by atoms with van der Waals surface area (Å²) in [6.45, 7) is 0.0377. The van der Waals surface area contributed by atoms with Crippen molar-refractivity contribution in [1.82, 2.24) is 4.90 Å². The second-order valence-corrected chi connectivity index (χ2v) is 8.50. The molecular weight excluding hydrogens is 460 g/mol. The maximum Gasteiger partial charge on any atom is 0.420 e. The van der Waals surface area contributed by atoms with Crippen LogP contribution in [0, 0.1) is 0 Å². The standard InChI is InChI=1S/C28H28N2O6/c29-16-8-15-25(26(31)32)30(27(33)35-17-19-9-2-1-3-10-19)28(34)36-18-24-22-13-6-4-11-20(22)21-12-5-7-14-23(21)24/h1-7,9-14,24-25H,8,15-18,29H2,(H,31,32)/t25-/m1/s1. The van der Waals surface area contributed by atoms with Gasteiger partial charge in [0.2, 0.25) is 0 Å². The lowest BCUT2D eigenvalue weighted by molar-refractivity contribution is -0.142. The van der Waals surface area contributed by atoms with Gasteiger partial charge >= 0.3 is 18.2 Å². The van der Waals surface area contributed by atoms with Gasteiger partial charge in [0.05, 0.1) is 0 Å². The van der Waals surface area contributed by atoms with E-state index in [1.807, 2.05) is 54.6 Å². The molecule has 1 aliphatic rings. The molecule has 3 aromatic carbocycles. The van der Waals surface area contributed by atoms with Crippen molar-refractivity contribution in [2.45, 2.75) is 31.4 Å². The van der Waals surface area contributed by atoms with E-state index in [9.17, 15) is 19.5 Å². The first kappa shape index (κ1) is 24.9. The third kappa shape index (κ3) is 5.39. The smallest absolute Gasteiger partial charge is 0.420 e. The van der Waals surface area contributed by atoms with E-state index in [-0.39, 0.29) is 32.1 Å². The van der Waals surface area contributed by atoms with Crippen molar-refractivity contribution in [2.24, 2.45) is 5.73 Å². The number of hydrogen-bond acceptors (Lipinski definition) is 6. The molecule has 0 radical (unpaired) electrons. The molecule has 2 amide bonds. The Morgan fingerprint density at radius 1 is 0.833 bits per heavy atom. The molecule has 0 unspecified atom stereocenters. The molecule has 3 aromatic rings. The van der Waals surface area contributed by atoms with Crippen LogP contribution in [-0.4, -0.2) is 47.4 Å². The zero-order valence-corrected chi connectivity index (χ0v) is 19.7. The van der Waals surface area contributed by atoms with Gasteiger partial charge in [0.25, 0.3) is 0 Å². The quantitative estimate of drug-likeness (QED) is 0.445. The predicted octanol–water partition coefficient (Wildman–Crippen LogP) is 4.77. The third-order valence-electron chi connectivity index (χ3n) is 6.21. The minimum absolute atomic E-state index is 0.0174. The summed E-state index contributed by atoms with van der Waals surface area (Å²) in [5.74, 6) is -1.58. The van der Waals surface area contributed by atoms with E-state index in [0.717, 1.165) is 22.3 Å². The number of benzene rings is 3. The van der Waals surface area contributed by atoms with E-state index in [1.54, 1.807) is 24.3 Å². The average molecular weight is 489 g/mol. The average Bonchev–Trinajstić information content (AvgIpc) is 3.22. The summed E-state index contributed by atoms with van der Waals surface area (Å²) in [5, 5.41) is 9.80. The minimum Gasteiger partial charge on any atom is -0.480 e. The van der Waals surface area contributed by atoms with Crippen molar-refractivity contribution in [2.75, 3.05) is 13.2 Å². The van der Waals surface area contributed by atoms with Gasteiger partial charge in [-0.15, -0.1) is 0 Å². The second kappa shape index (κ2) is 11.5. The lowest BCUT2D eigenvalue weighted by Crippen LogP contribution is -2.49. The molecular formula is C28H28N2O6. The molecule has 1 atom stereocenters. The Hall–Kier alpha value is -4.17. The van der Waals surface area contributed by atoms with Crippen LogP contribution in [0.4, 0.5) is 9.59 Å². The van der Waals surface area contributed by atoms with Crippen molar-refractivity contribution >= 4 is 18.2 Å². The summed E-state index contributed by atoms with van der Waals surface area (Å²) < 4.78 is 10.9. The lowest BCUT2D eigenvalue weighted by atomic mass is 9.98. The third-order valence-corrected chi connectivity index (χ3v) is 6.21. The molecule has 0 spiro atoms. The summed E-state index contributed by atoms with van der Waals surface area (Å²) in [6.07, 6.45) is -1.87. The number of rotatable bonds is 9. The number of carbonyl (C=O) groups is 3. The number of amides is 2. The van der Waals surface area contributed by atoms with Crippen LogP contribution in [-0.2, 0) is 20.9 Å². The topological polar surface area (TPSA) is 119 Å². The van der Waals surface area contributed by atoms with Crippen molar-refractivity contribution < 1.29 is 29.0 Å². The Balaban J connectivity index is 1.53. The monoisotopic (exact) mass is 488 g/mol. The van der Waals surface area contributed by atoms with Gasteiger partial charge in [-0.05, 0) is 47.2 Å². The van der Waals surface area contributed by atoms with Gasteiger partial charge in [0.1, 0.15) is 19.3 Å². The maximum absolute atomic E-state index is 13.2. The summed E-state index contributed by atoms with van der Waals surface area (Å²) in [7, 11) is 0. The molecule has 1 aliphatic carbocycles. The number of fused-ring (bicyclic) bond motifs is 3. The Morgan fingerprint density at radius 3 is 1.97 bits per heavy atom. The van der Waals surface area contributed by atoms with Crippen molar-refractivity contribution in [3.63, 3.8) is 0 Å². The van der Waals surface area contributed by atoms with Gasteiger partial charge in [-0.2, -0.15) is 4.90 Å². The fourth-order valence-corrected chi connectivity index (χ4v) is 4.46. The lowest BCUT2D eigenvalue weighted by Gasteiger charge is -2.26. The summed E-state index contributed by atoms with van der Waals surface area (Å²) in [5.41, 5.74) is 10.4. The zero-order valence-electron chi connectivity index (χ0n) is 19.7. The van der Waals surface area contributed by atoms with Crippen LogP contribution in [0.2, 0.25) is 0 Å². The number of carbonyl (C=O) groups excluding carboxylic acids is 2. The molecule has 8 nitrogen and oxygen atoms in total. The summed E-state index contributed by atoms with van der Waals surface area (Å²) in [4.78, 5) is 38.7. The molecule has 0 saturated carbocycles. The van der Waals surface area contributed by atoms with E-state index in [4.69, 9.17) is 15.2 Å². The number of carboxylic acid groups (broad SMARTS) is 1. The number of nitrogens with two attached hydrogens (primary N) is 1. The van der Waals surface area contributed by atoms with E-state index in [2.05, 4.69) is 0 Å². The molecule has 0 bridgehead atoms. The molecule has 0 saturated heterocycles. The molecule has 36 heavy (non-hydrogen) atoms. The number of hydrogen-bond donors (Lipinski definition) is 2. The Labute approximate surface area is 209 Å². The molecule has 0 aromatic heterocycles. The largest absolute Gasteiger partial charge is 0.480 e. The molecule has 0 fully saturated rings. The number of carboxylic acids is 1. The van der Waals surface area contributed by atoms with Crippen LogP contribution in [0.5, 0.6) is 0 Å². The van der Waals surface area contributed by atoms with Gasteiger partial charge in [0.15, 0.2) is 0 Å². The molecule has 0 aliphatic heterocycles. The number of aliphatic carboxylic acids is 1. The zero-order chi connectivity index (χ0) is 25.5. The molecule has 4 rings (SSSR count). The fourth-order valence-electron chi connectivity index (χ4n) is 4.46. The van der Waals surface area contributed by atoms with Crippen molar-refractivity contribution in [1.29, 1.82) is 0 Å². The normalized spacial score (nSPS) is 12.8. The molecule has 0 heterocycles. The fraction of sp³-hybridized carbons (Fsp3) is 0.250. The van der Waals surface area contributed by atoms with E-state index >= 15 is 0 Å².